The van der Waals surface area contributed by atoms with Crippen LogP contribution in [0.1, 0.15) is 20.8 Å². The number of halogens is 1. The fraction of sp³-hybridized carbons (Fsp3) is 0.833. The summed E-state index contributed by atoms with van der Waals surface area (Å²) in [6.07, 6.45) is 0. The molecule has 0 spiro atoms. The van der Waals surface area contributed by atoms with E-state index in [2.05, 4.69) is 5.32 Å². The van der Waals surface area contributed by atoms with Crippen molar-refractivity contribution in [3.8, 4) is 0 Å². The number of carboxylic acids is 1. The summed E-state index contributed by atoms with van der Waals surface area (Å²) >= 11 is 0. The lowest BCUT2D eigenvalue weighted by molar-refractivity contribution is -0.139. The molecule has 62 valence electrons. The van der Waals surface area contributed by atoms with E-state index < -0.39 is 12.0 Å². The Kier molecular flexibility index (Phi) is 6.82. The first kappa shape index (κ1) is 12.4. The first-order valence-electron chi connectivity index (χ1n) is 3.03. The summed E-state index contributed by atoms with van der Waals surface area (Å²) < 4.78 is 0. The summed E-state index contributed by atoms with van der Waals surface area (Å²) in [5, 5.41) is 11.2. The Hall–Kier alpha value is -0.280. The van der Waals surface area contributed by atoms with E-state index in [1.807, 2.05) is 13.8 Å². The first-order chi connectivity index (χ1) is 4.04. The Labute approximate surface area is 67.2 Å². The maximum Gasteiger partial charge on any atom is 0.320 e. The van der Waals surface area contributed by atoms with Gasteiger partial charge < -0.3 is 10.4 Å². The summed E-state index contributed by atoms with van der Waals surface area (Å²) in [7, 11) is 0. The molecular formula is C6H14ClNO2. The van der Waals surface area contributed by atoms with Crippen molar-refractivity contribution in [1.82, 2.24) is 5.32 Å². The van der Waals surface area contributed by atoms with Gasteiger partial charge in [0, 0.05) is 6.04 Å². The predicted octanol–water partition coefficient (Wildman–Crippen LogP) is 0.879. The van der Waals surface area contributed by atoms with Gasteiger partial charge in [-0.05, 0) is 6.92 Å². The van der Waals surface area contributed by atoms with Gasteiger partial charge in [-0.2, -0.15) is 0 Å². The number of rotatable bonds is 3. The van der Waals surface area contributed by atoms with Crippen molar-refractivity contribution in [2.24, 2.45) is 0 Å². The number of hydrogen-bond donors (Lipinski definition) is 2. The Bertz CT molecular complexity index is 106. The van der Waals surface area contributed by atoms with Gasteiger partial charge in [-0.3, -0.25) is 4.79 Å². The first-order valence-corrected chi connectivity index (χ1v) is 3.03. The van der Waals surface area contributed by atoms with Gasteiger partial charge in [-0.25, -0.2) is 0 Å². The zero-order chi connectivity index (χ0) is 7.44. The second-order valence-electron chi connectivity index (χ2n) is 2.38. The molecule has 2 N–H and O–H groups in total. The van der Waals surface area contributed by atoms with Crippen LogP contribution in [0, 0.1) is 0 Å². The molecule has 0 aromatic carbocycles. The Balaban J connectivity index is 0. The Morgan fingerprint density at radius 3 is 1.90 bits per heavy atom. The van der Waals surface area contributed by atoms with Crippen LogP contribution >= 0.6 is 12.4 Å². The number of carbonyl (C=O) groups is 1. The van der Waals surface area contributed by atoms with Crippen molar-refractivity contribution in [2.75, 3.05) is 0 Å². The molecule has 0 aromatic heterocycles. The standard InChI is InChI=1S/C6H13NO2.ClH/c1-4(2)7-5(3)6(8)9;/h4-5,7H,1-3H3,(H,8,9);1H/t5-;/m0./s1. The van der Waals surface area contributed by atoms with Crippen molar-refractivity contribution < 1.29 is 9.90 Å². The molecule has 0 rings (SSSR count). The molecule has 10 heavy (non-hydrogen) atoms. The van der Waals surface area contributed by atoms with Crippen LogP contribution in [-0.4, -0.2) is 23.2 Å². The van der Waals surface area contributed by atoms with Gasteiger partial charge in [0.2, 0.25) is 0 Å². The molecule has 0 aromatic rings. The zero-order valence-electron chi connectivity index (χ0n) is 6.42. The van der Waals surface area contributed by atoms with Crippen LogP contribution in [-0.2, 0) is 4.79 Å². The molecular weight excluding hydrogens is 154 g/mol. The van der Waals surface area contributed by atoms with Crippen molar-refractivity contribution in [3.63, 3.8) is 0 Å². The van der Waals surface area contributed by atoms with Gasteiger partial charge in [0.25, 0.3) is 0 Å². The summed E-state index contributed by atoms with van der Waals surface area (Å²) in [6, 6.07) is -0.207. The second kappa shape index (κ2) is 5.50. The van der Waals surface area contributed by atoms with Crippen LogP contribution < -0.4 is 5.32 Å². The molecule has 0 unspecified atom stereocenters. The summed E-state index contributed by atoms with van der Waals surface area (Å²) in [5.41, 5.74) is 0. The Morgan fingerprint density at radius 2 is 1.80 bits per heavy atom. The molecule has 0 heterocycles. The van der Waals surface area contributed by atoms with Crippen molar-refractivity contribution in [1.29, 1.82) is 0 Å². The molecule has 0 aliphatic carbocycles. The van der Waals surface area contributed by atoms with Gasteiger partial charge in [0.15, 0.2) is 0 Å². The fourth-order valence-corrected chi connectivity index (χ4v) is 0.571. The summed E-state index contributed by atoms with van der Waals surface area (Å²) in [6.45, 7) is 5.46. The minimum Gasteiger partial charge on any atom is -0.480 e. The average Bonchev–Trinajstić information content (AvgIpc) is 1.63. The van der Waals surface area contributed by atoms with E-state index >= 15 is 0 Å². The number of aliphatic carboxylic acids is 1. The van der Waals surface area contributed by atoms with Gasteiger partial charge in [0.05, 0.1) is 0 Å². The van der Waals surface area contributed by atoms with Crippen molar-refractivity contribution >= 4 is 18.4 Å². The van der Waals surface area contributed by atoms with Crippen molar-refractivity contribution in [3.05, 3.63) is 0 Å². The predicted molar refractivity (Wildman–Crippen MR) is 42.6 cm³/mol. The highest BCUT2D eigenvalue weighted by atomic mass is 35.5. The maximum absolute atomic E-state index is 10.2. The van der Waals surface area contributed by atoms with Crippen LogP contribution in [0.3, 0.4) is 0 Å². The molecule has 0 aliphatic rings. The molecule has 0 amide bonds. The largest absolute Gasteiger partial charge is 0.480 e. The summed E-state index contributed by atoms with van der Waals surface area (Å²) in [4.78, 5) is 10.2. The molecule has 0 saturated carbocycles. The highest BCUT2D eigenvalue weighted by Crippen LogP contribution is 1.84. The lowest BCUT2D eigenvalue weighted by Gasteiger charge is -2.11. The molecule has 3 nitrogen and oxygen atoms in total. The minimum atomic E-state index is -0.802. The van der Waals surface area contributed by atoms with E-state index in [0.29, 0.717) is 0 Å². The fourth-order valence-electron chi connectivity index (χ4n) is 0.571. The lowest BCUT2D eigenvalue weighted by Crippen LogP contribution is -2.38. The molecule has 0 saturated heterocycles. The monoisotopic (exact) mass is 167 g/mol. The molecule has 0 aliphatic heterocycles. The SMILES string of the molecule is CC(C)N[C@@H](C)C(=O)O.Cl. The van der Waals surface area contributed by atoms with Crippen molar-refractivity contribution in [2.45, 2.75) is 32.9 Å². The maximum atomic E-state index is 10.2. The lowest BCUT2D eigenvalue weighted by atomic mass is 10.3. The molecule has 0 radical (unpaired) electrons. The van der Waals surface area contributed by atoms with E-state index in [4.69, 9.17) is 5.11 Å². The van der Waals surface area contributed by atoms with Crippen LogP contribution in [0.25, 0.3) is 0 Å². The van der Waals surface area contributed by atoms with E-state index in [0.717, 1.165) is 0 Å². The van der Waals surface area contributed by atoms with Crippen LogP contribution in [0.4, 0.5) is 0 Å². The third-order valence-electron chi connectivity index (χ3n) is 0.954. The van der Waals surface area contributed by atoms with Crippen LogP contribution in [0.5, 0.6) is 0 Å². The van der Waals surface area contributed by atoms with Gasteiger partial charge in [0.1, 0.15) is 6.04 Å². The van der Waals surface area contributed by atoms with Crippen LogP contribution in [0.2, 0.25) is 0 Å². The number of hydrogen-bond acceptors (Lipinski definition) is 2. The third-order valence-corrected chi connectivity index (χ3v) is 0.954. The zero-order valence-corrected chi connectivity index (χ0v) is 7.23. The third kappa shape index (κ3) is 5.85. The van der Waals surface area contributed by atoms with Gasteiger partial charge in [-0.1, -0.05) is 13.8 Å². The smallest absolute Gasteiger partial charge is 0.320 e. The molecule has 0 fully saturated rings. The molecule has 1 atom stereocenters. The van der Waals surface area contributed by atoms with Gasteiger partial charge >= 0.3 is 5.97 Å². The second-order valence-corrected chi connectivity index (χ2v) is 2.38. The average molecular weight is 168 g/mol. The highest BCUT2D eigenvalue weighted by Gasteiger charge is 2.09. The Morgan fingerprint density at radius 1 is 1.40 bits per heavy atom. The normalized spacial score (nSPS) is 12.4. The molecule has 0 bridgehead atoms. The highest BCUT2D eigenvalue weighted by molar-refractivity contribution is 5.85. The summed E-state index contributed by atoms with van der Waals surface area (Å²) in [5.74, 6) is -0.802. The van der Waals surface area contributed by atoms with E-state index in [1.165, 1.54) is 0 Å². The topological polar surface area (TPSA) is 49.3 Å². The number of nitrogens with one attached hydrogen (secondary N) is 1. The van der Waals surface area contributed by atoms with E-state index in [1.54, 1.807) is 6.92 Å². The van der Waals surface area contributed by atoms with E-state index in [9.17, 15) is 4.79 Å². The van der Waals surface area contributed by atoms with E-state index in [-0.39, 0.29) is 18.4 Å². The van der Waals surface area contributed by atoms with Crippen LogP contribution in [0.15, 0.2) is 0 Å². The van der Waals surface area contributed by atoms with Gasteiger partial charge in [-0.15, -0.1) is 12.4 Å². The minimum absolute atomic E-state index is 0. The quantitative estimate of drug-likeness (QED) is 0.656. The number of carboxylic acid groups (broad SMARTS) is 1. The molecule has 4 heteroatoms.